The Kier molecular flexibility index (Phi) is 4.44. The van der Waals surface area contributed by atoms with E-state index in [0.29, 0.717) is 5.92 Å². The van der Waals surface area contributed by atoms with E-state index in [1.165, 1.54) is 11.1 Å². The first-order valence-electron chi connectivity index (χ1n) is 7.98. The van der Waals surface area contributed by atoms with Gasteiger partial charge in [-0.3, -0.25) is 14.7 Å². The van der Waals surface area contributed by atoms with Crippen molar-refractivity contribution in [2.75, 3.05) is 27.2 Å². The minimum Gasteiger partial charge on any atom is -0.340 e. The summed E-state index contributed by atoms with van der Waals surface area (Å²) in [7, 11) is 3.92. The van der Waals surface area contributed by atoms with Crippen LogP contribution in [0.25, 0.3) is 0 Å². The highest BCUT2D eigenvalue weighted by Gasteiger charge is 2.36. The topological polar surface area (TPSA) is 36.4 Å². The van der Waals surface area contributed by atoms with Crippen LogP contribution in [0.1, 0.15) is 28.7 Å². The van der Waals surface area contributed by atoms with Crippen molar-refractivity contribution in [1.29, 1.82) is 0 Å². The molecule has 2 heterocycles. The molecule has 1 atom stereocenters. The second-order valence-electron chi connectivity index (χ2n) is 6.51. The van der Waals surface area contributed by atoms with Crippen LogP contribution in [0.5, 0.6) is 0 Å². The summed E-state index contributed by atoms with van der Waals surface area (Å²) >= 11 is 0. The maximum Gasteiger partial charge on any atom is 0.244 e. The smallest absolute Gasteiger partial charge is 0.244 e. The van der Waals surface area contributed by atoms with Crippen molar-refractivity contribution < 1.29 is 4.79 Å². The molecule has 1 saturated heterocycles. The number of amides is 1. The number of aryl methyl sites for hydroxylation is 1. The van der Waals surface area contributed by atoms with Crippen LogP contribution < -0.4 is 0 Å². The fraction of sp³-hybridized carbons (Fsp3) is 0.368. The second-order valence-corrected chi connectivity index (χ2v) is 6.51. The molecular weight excluding hydrogens is 286 g/mol. The van der Waals surface area contributed by atoms with E-state index in [4.69, 9.17) is 0 Å². The van der Waals surface area contributed by atoms with Gasteiger partial charge >= 0.3 is 0 Å². The third-order valence-corrected chi connectivity index (χ3v) is 4.46. The molecule has 0 aliphatic carbocycles. The van der Waals surface area contributed by atoms with E-state index in [9.17, 15) is 4.79 Å². The number of carbonyl (C=O) groups excluding carboxylic acids is 1. The molecule has 1 aliphatic heterocycles. The number of likely N-dealkylation sites (tertiary alicyclic amines) is 1. The first kappa shape index (κ1) is 15.7. The molecule has 1 fully saturated rings. The fourth-order valence-corrected chi connectivity index (χ4v) is 3.16. The minimum absolute atomic E-state index is 0.181. The number of likely N-dealkylation sites (N-methyl/N-ethyl adjacent to an activating group) is 1. The van der Waals surface area contributed by atoms with Crippen LogP contribution in [0.4, 0.5) is 0 Å². The zero-order chi connectivity index (χ0) is 16.4. The monoisotopic (exact) mass is 309 g/mol. The third kappa shape index (κ3) is 3.27. The quantitative estimate of drug-likeness (QED) is 0.871. The van der Waals surface area contributed by atoms with Crippen molar-refractivity contribution in [1.82, 2.24) is 14.8 Å². The lowest BCUT2D eigenvalue weighted by atomic mass is 9.91. The average Bonchev–Trinajstić information content (AvgIpc) is 2.46. The molecule has 120 valence electrons. The standard InChI is InChI=1S/C19H23N3O/c1-14-6-4-7-15(10-14)18(21(2)3)19(23)22-12-17(13-22)16-8-5-9-20-11-16/h4-11,17-18H,12-13H2,1-3H3/t18-/m1/s1. The number of hydrogen-bond acceptors (Lipinski definition) is 3. The maximum absolute atomic E-state index is 12.9. The van der Waals surface area contributed by atoms with Gasteiger partial charge in [-0.05, 0) is 38.2 Å². The van der Waals surface area contributed by atoms with Crippen molar-refractivity contribution in [2.24, 2.45) is 0 Å². The predicted molar refractivity (Wildman–Crippen MR) is 91.2 cm³/mol. The molecule has 3 rings (SSSR count). The largest absolute Gasteiger partial charge is 0.340 e. The van der Waals surface area contributed by atoms with Crippen LogP contribution in [-0.4, -0.2) is 47.9 Å². The zero-order valence-electron chi connectivity index (χ0n) is 13.9. The number of benzene rings is 1. The van der Waals surface area contributed by atoms with Gasteiger partial charge < -0.3 is 4.90 Å². The fourth-order valence-electron chi connectivity index (χ4n) is 3.16. The molecule has 23 heavy (non-hydrogen) atoms. The number of carbonyl (C=O) groups is 1. The first-order valence-corrected chi connectivity index (χ1v) is 7.98. The summed E-state index contributed by atoms with van der Waals surface area (Å²) < 4.78 is 0. The summed E-state index contributed by atoms with van der Waals surface area (Å²) in [5.41, 5.74) is 3.46. The van der Waals surface area contributed by atoms with Crippen molar-refractivity contribution in [3.8, 4) is 0 Å². The highest BCUT2D eigenvalue weighted by Crippen LogP contribution is 2.30. The normalized spacial score (nSPS) is 16.3. The number of nitrogens with zero attached hydrogens (tertiary/aromatic N) is 3. The van der Waals surface area contributed by atoms with Gasteiger partial charge in [0, 0.05) is 31.4 Å². The zero-order valence-corrected chi connectivity index (χ0v) is 13.9. The second kappa shape index (κ2) is 6.50. The van der Waals surface area contributed by atoms with Crippen LogP contribution in [-0.2, 0) is 4.79 Å². The summed E-state index contributed by atoms with van der Waals surface area (Å²) in [5, 5.41) is 0. The van der Waals surface area contributed by atoms with Gasteiger partial charge in [0.25, 0.3) is 0 Å². The summed E-state index contributed by atoms with van der Waals surface area (Å²) in [6.07, 6.45) is 3.68. The average molecular weight is 309 g/mol. The lowest BCUT2D eigenvalue weighted by molar-refractivity contribution is -0.141. The van der Waals surface area contributed by atoms with Gasteiger partial charge in [-0.15, -0.1) is 0 Å². The molecule has 0 saturated carbocycles. The third-order valence-electron chi connectivity index (χ3n) is 4.46. The SMILES string of the molecule is Cc1cccc([C@H](C(=O)N2CC(c3cccnc3)C2)N(C)C)c1. The van der Waals surface area contributed by atoms with Gasteiger partial charge in [0.2, 0.25) is 5.91 Å². The Labute approximate surface area is 137 Å². The van der Waals surface area contributed by atoms with Gasteiger partial charge in [-0.2, -0.15) is 0 Å². The van der Waals surface area contributed by atoms with Crippen LogP contribution in [0.3, 0.4) is 0 Å². The molecule has 0 bridgehead atoms. The Morgan fingerprint density at radius 3 is 2.65 bits per heavy atom. The van der Waals surface area contributed by atoms with Gasteiger partial charge in [0.05, 0.1) is 0 Å². The summed E-state index contributed by atoms with van der Waals surface area (Å²) in [5.74, 6) is 0.591. The van der Waals surface area contributed by atoms with Crippen LogP contribution in [0, 0.1) is 6.92 Å². The number of pyridine rings is 1. The lowest BCUT2D eigenvalue weighted by Gasteiger charge is -2.42. The molecule has 2 aromatic rings. The van der Waals surface area contributed by atoms with Crippen LogP contribution in [0.15, 0.2) is 48.8 Å². The minimum atomic E-state index is -0.218. The van der Waals surface area contributed by atoms with Gasteiger partial charge in [0.1, 0.15) is 6.04 Å². The molecule has 4 nitrogen and oxygen atoms in total. The molecule has 1 aromatic carbocycles. The van der Waals surface area contributed by atoms with Crippen molar-refractivity contribution >= 4 is 5.91 Å². The lowest BCUT2D eigenvalue weighted by Crippen LogP contribution is -2.52. The molecule has 0 unspecified atom stereocenters. The summed E-state index contributed by atoms with van der Waals surface area (Å²) in [6, 6.07) is 12.0. The van der Waals surface area contributed by atoms with E-state index in [0.717, 1.165) is 18.7 Å². The van der Waals surface area contributed by atoms with E-state index >= 15 is 0 Å². The highest BCUT2D eigenvalue weighted by molar-refractivity contribution is 5.84. The van der Waals surface area contributed by atoms with E-state index in [-0.39, 0.29) is 11.9 Å². The molecule has 1 amide bonds. The Balaban J connectivity index is 1.71. The van der Waals surface area contributed by atoms with E-state index in [1.807, 2.05) is 48.3 Å². The Morgan fingerprint density at radius 2 is 2.04 bits per heavy atom. The van der Waals surface area contributed by atoms with Gasteiger partial charge in [-0.1, -0.05) is 35.9 Å². The molecule has 4 heteroatoms. The van der Waals surface area contributed by atoms with E-state index < -0.39 is 0 Å². The first-order chi connectivity index (χ1) is 11.1. The molecule has 0 spiro atoms. The summed E-state index contributed by atoms with van der Waals surface area (Å²) in [6.45, 7) is 3.62. The van der Waals surface area contributed by atoms with Crippen molar-refractivity contribution in [3.05, 3.63) is 65.5 Å². The highest BCUT2D eigenvalue weighted by atomic mass is 16.2. The van der Waals surface area contributed by atoms with Crippen LogP contribution >= 0.6 is 0 Å². The molecule has 1 aromatic heterocycles. The predicted octanol–water partition coefficient (Wildman–Crippen LogP) is 2.62. The summed E-state index contributed by atoms with van der Waals surface area (Å²) in [4.78, 5) is 21.0. The van der Waals surface area contributed by atoms with E-state index in [2.05, 4.69) is 30.1 Å². The van der Waals surface area contributed by atoms with Gasteiger partial charge in [0.15, 0.2) is 0 Å². The number of rotatable bonds is 4. The molecule has 0 N–H and O–H groups in total. The van der Waals surface area contributed by atoms with Crippen molar-refractivity contribution in [3.63, 3.8) is 0 Å². The molecular formula is C19H23N3O. The Hall–Kier alpha value is -2.20. The molecule has 0 radical (unpaired) electrons. The van der Waals surface area contributed by atoms with Crippen LogP contribution in [0.2, 0.25) is 0 Å². The van der Waals surface area contributed by atoms with Crippen molar-refractivity contribution in [2.45, 2.75) is 18.9 Å². The van der Waals surface area contributed by atoms with Gasteiger partial charge in [-0.25, -0.2) is 0 Å². The number of hydrogen-bond donors (Lipinski definition) is 0. The van der Waals surface area contributed by atoms with E-state index in [1.54, 1.807) is 6.20 Å². The number of aromatic nitrogens is 1. The maximum atomic E-state index is 12.9. The Bertz CT molecular complexity index is 678. The molecule has 1 aliphatic rings. The Morgan fingerprint density at radius 1 is 1.26 bits per heavy atom.